The van der Waals surface area contributed by atoms with E-state index in [9.17, 15) is 9.59 Å². The second-order valence-corrected chi connectivity index (χ2v) is 9.30. The molecule has 0 aliphatic carbocycles. The second kappa shape index (κ2) is 11.4. The van der Waals surface area contributed by atoms with Gasteiger partial charge in [0.2, 0.25) is 5.91 Å². The number of nitrogens with zero attached hydrogens (tertiary/aromatic N) is 1. The molecule has 0 aromatic heterocycles. The number of ether oxygens (including phenoxy) is 1. The topological polar surface area (TPSA) is 55.5 Å². The predicted octanol–water partition coefficient (Wildman–Crippen LogP) is 1.26. The van der Waals surface area contributed by atoms with Gasteiger partial charge in [-0.05, 0) is 30.7 Å². The standard InChI is InChI=1S/C27H35N3O3/c1-2-3-4-8-19-33-24-13-11-23(12-14-24)30-26(31)20-25(27(30)32)29-17-15-28(16-18-29)21-22-9-6-5-7-10-22/h5-7,9-14,25H,2-4,8,15-21H2,1H3/p+2/t25-/m1/s1. The van der Waals surface area contributed by atoms with Crippen LogP contribution in [0.5, 0.6) is 5.75 Å². The van der Waals surface area contributed by atoms with E-state index in [1.165, 1.54) is 34.6 Å². The number of nitrogens with one attached hydrogen (secondary N) is 2. The smallest absolute Gasteiger partial charge is 0.292 e. The summed E-state index contributed by atoms with van der Waals surface area (Å²) in [6.45, 7) is 7.79. The maximum absolute atomic E-state index is 13.2. The number of quaternary nitrogens is 2. The van der Waals surface area contributed by atoms with Crippen LogP contribution in [0.2, 0.25) is 0 Å². The molecule has 2 aromatic rings. The Balaban J connectivity index is 1.29. The van der Waals surface area contributed by atoms with Gasteiger partial charge < -0.3 is 14.5 Å². The summed E-state index contributed by atoms with van der Waals surface area (Å²) in [4.78, 5) is 30.1. The van der Waals surface area contributed by atoms with Crippen molar-refractivity contribution < 1.29 is 24.1 Å². The molecule has 33 heavy (non-hydrogen) atoms. The minimum Gasteiger partial charge on any atom is -0.494 e. The van der Waals surface area contributed by atoms with E-state index in [0.29, 0.717) is 18.7 Å². The highest BCUT2D eigenvalue weighted by Gasteiger charge is 2.46. The van der Waals surface area contributed by atoms with Gasteiger partial charge in [-0.25, -0.2) is 4.90 Å². The molecule has 2 aromatic carbocycles. The molecule has 2 aliphatic heterocycles. The van der Waals surface area contributed by atoms with Crippen molar-refractivity contribution in [1.29, 1.82) is 0 Å². The van der Waals surface area contributed by atoms with E-state index < -0.39 is 0 Å². The molecule has 0 unspecified atom stereocenters. The predicted molar refractivity (Wildman–Crippen MR) is 129 cm³/mol. The fraction of sp³-hybridized carbons (Fsp3) is 0.481. The molecule has 2 amide bonds. The first-order valence-corrected chi connectivity index (χ1v) is 12.5. The molecule has 0 radical (unpaired) electrons. The van der Waals surface area contributed by atoms with Crippen LogP contribution in [0.4, 0.5) is 5.69 Å². The zero-order chi connectivity index (χ0) is 23.0. The molecular formula is C27H37N3O3+2. The maximum Gasteiger partial charge on any atom is 0.292 e. The lowest BCUT2D eigenvalue weighted by Crippen LogP contribution is -3.29. The zero-order valence-electron chi connectivity index (χ0n) is 19.7. The fourth-order valence-electron chi connectivity index (χ4n) is 4.97. The van der Waals surface area contributed by atoms with Gasteiger partial charge in [0, 0.05) is 5.56 Å². The summed E-state index contributed by atoms with van der Waals surface area (Å²) < 4.78 is 5.80. The molecule has 2 N–H and O–H groups in total. The summed E-state index contributed by atoms with van der Waals surface area (Å²) in [7, 11) is 0. The molecular weight excluding hydrogens is 414 g/mol. The number of unbranched alkanes of at least 4 members (excludes halogenated alkanes) is 3. The Hall–Kier alpha value is -2.70. The minimum atomic E-state index is -0.259. The lowest BCUT2D eigenvalue weighted by Gasteiger charge is -2.32. The van der Waals surface area contributed by atoms with Gasteiger partial charge in [-0.2, -0.15) is 0 Å². The summed E-state index contributed by atoms with van der Waals surface area (Å²) >= 11 is 0. The molecule has 2 fully saturated rings. The van der Waals surface area contributed by atoms with Crippen molar-refractivity contribution >= 4 is 17.5 Å². The van der Waals surface area contributed by atoms with Crippen molar-refractivity contribution in [1.82, 2.24) is 0 Å². The molecule has 0 spiro atoms. The van der Waals surface area contributed by atoms with Crippen molar-refractivity contribution in [3.63, 3.8) is 0 Å². The minimum absolute atomic E-state index is 0.0604. The number of carbonyl (C=O) groups excluding carboxylic acids is 2. The average molecular weight is 452 g/mol. The van der Waals surface area contributed by atoms with Crippen LogP contribution in [0, 0.1) is 0 Å². The van der Waals surface area contributed by atoms with E-state index in [1.54, 1.807) is 4.90 Å². The van der Waals surface area contributed by atoms with Gasteiger partial charge in [-0.15, -0.1) is 0 Å². The Kier molecular flexibility index (Phi) is 8.13. The SMILES string of the molecule is CCCCCCOc1ccc(N2C(=O)C[C@@H]([NH+]3CC[NH+](Cc4ccccc4)CC3)C2=O)cc1. The van der Waals surface area contributed by atoms with Crippen molar-refractivity contribution in [2.45, 2.75) is 51.6 Å². The quantitative estimate of drug-likeness (QED) is 0.423. The van der Waals surface area contributed by atoms with Crippen molar-refractivity contribution in [2.75, 3.05) is 37.7 Å². The number of hydrogen-bond acceptors (Lipinski definition) is 3. The third-order valence-electron chi connectivity index (χ3n) is 6.90. The summed E-state index contributed by atoms with van der Waals surface area (Å²) in [5.74, 6) is 0.633. The lowest BCUT2D eigenvalue weighted by molar-refractivity contribution is -1.02. The van der Waals surface area contributed by atoms with E-state index in [2.05, 4.69) is 31.2 Å². The largest absolute Gasteiger partial charge is 0.494 e. The Morgan fingerprint density at radius 3 is 2.33 bits per heavy atom. The van der Waals surface area contributed by atoms with Gasteiger partial charge in [0.1, 0.15) is 38.5 Å². The van der Waals surface area contributed by atoms with E-state index in [-0.39, 0.29) is 17.9 Å². The maximum atomic E-state index is 13.2. The summed E-state index contributed by atoms with van der Waals surface area (Å²) in [5.41, 5.74) is 2.00. The summed E-state index contributed by atoms with van der Waals surface area (Å²) in [6, 6.07) is 17.7. The molecule has 2 saturated heterocycles. The van der Waals surface area contributed by atoms with Crippen LogP contribution in [-0.4, -0.2) is 50.6 Å². The monoisotopic (exact) mass is 451 g/mol. The number of anilines is 1. The molecule has 4 rings (SSSR count). The number of amides is 2. The van der Waals surface area contributed by atoms with Gasteiger partial charge in [-0.1, -0.05) is 56.5 Å². The first-order chi connectivity index (χ1) is 16.2. The summed E-state index contributed by atoms with van der Waals surface area (Å²) in [5, 5.41) is 0. The van der Waals surface area contributed by atoms with Crippen LogP contribution < -0.4 is 19.4 Å². The highest BCUT2D eigenvalue weighted by molar-refractivity contribution is 6.21. The molecule has 2 aliphatic rings. The molecule has 2 heterocycles. The molecule has 0 saturated carbocycles. The Morgan fingerprint density at radius 2 is 1.64 bits per heavy atom. The van der Waals surface area contributed by atoms with Crippen LogP contribution in [0.1, 0.15) is 44.6 Å². The molecule has 176 valence electrons. The van der Waals surface area contributed by atoms with E-state index in [4.69, 9.17) is 4.74 Å². The average Bonchev–Trinajstić information content (AvgIpc) is 3.14. The second-order valence-electron chi connectivity index (χ2n) is 9.30. The molecule has 0 bridgehead atoms. The van der Waals surface area contributed by atoms with Crippen LogP contribution in [0.25, 0.3) is 0 Å². The van der Waals surface area contributed by atoms with Gasteiger partial charge in [0.25, 0.3) is 5.91 Å². The van der Waals surface area contributed by atoms with E-state index >= 15 is 0 Å². The molecule has 6 nitrogen and oxygen atoms in total. The number of imide groups is 1. The van der Waals surface area contributed by atoms with Crippen LogP contribution >= 0.6 is 0 Å². The Bertz CT molecular complexity index is 908. The Labute approximate surface area is 197 Å². The summed E-state index contributed by atoms with van der Waals surface area (Å²) in [6.07, 6.45) is 4.96. The van der Waals surface area contributed by atoms with Gasteiger partial charge in [0.15, 0.2) is 6.04 Å². The van der Waals surface area contributed by atoms with Crippen LogP contribution in [-0.2, 0) is 16.1 Å². The number of hydrogen-bond donors (Lipinski definition) is 2. The van der Waals surface area contributed by atoms with Gasteiger partial charge in [-0.3, -0.25) is 9.59 Å². The molecule has 6 heteroatoms. The van der Waals surface area contributed by atoms with Gasteiger partial charge >= 0.3 is 0 Å². The van der Waals surface area contributed by atoms with Crippen molar-refractivity contribution in [3.8, 4) is 5.75 Å². The zero-order valence-corrected chi connectivity index (χ0v) is 19.7. The first kappa shape index (κ1) is 23.5. The van der Waals surface area contributed by atoms with E-state index in [0.717, 1.165) is 44.9 Å². The highest BCUT2D eigenvalue weighted by Crippen LogP contribution is 2.24. The van der Waals surface area contributed by atoms with Gasteiger partial charge in [0.05, 0.1) is 18.7 Å². The Morgan fingerprint density at radius 1 is 0.909 bits per heavy atom. The fourth-order valence-corrected chi connectivity index (χ4v) is 4.97. The number of rotatable bonds is 10. The van der Waals surface area contributed by atoms with Crippen LogP contribution in [0.15, 0.2) is 54.6 Å². The van der Waals surface area contributed by atoms with E-state index in [1.807, 2.05) is 30.3 Å². The number of piperazine rings is 1. The normalized spacial score (nSPS) is 23.2. The lowest BCUT2D eigenvalue weighted by atomic mass is 10.1. The molecule has 1 atom stereocenters. The third-order valence-corrected chi connectivity index (χ3v) is 6.90. The third kappa shape index (κ3) is 6.01. The van der Waals surface area contributed by atoms with Crippen LogP contribution in [0.3, 0.4) is 0 Å². The van der Waals surface area contributed by atoms with Crippen molar-refractivity contribution in [2.24, 2.45) is 0 Å². The number of carbonyl (C=O) groups is 2. The number of benzene rings is 2. The first-order valence-electron chi connectivity index (χ1n) is 12.5. The van der Waals surface area contributed by atoms with Crippen molar-refractivity contribution in [3.05, 3.63) is 60.2 Å². The highest BCUT2D eigenvalue weighted by atomic mass is 16.5.